The van der Waals surface area contributed by atoms with E-state index >= 15 is 0 Å². The SMILES string of the molecule is Nc1ccccc1C1(NC(=O)NCCCNC=O)CC1. The summed E-state index contributed by atoms with van der Waals surface area (Å²) in [6.45, 7) is 1.08. The second kappa shape index (κ2) is 6.27. The summed E-state index contributed by atoms with van der Waals surface area (Å²) in [4.78, 5) is 21.9. The maximum absolute atomic E-state index is 11.9. The summed E-state index contributed by atoms with van der Waals surface area (Å²) in [6.07, 6.45) is 3.16. The highest BCUT2D eigenvalue weighted by molar-refractivity contribution is 5.76. The number of rotatable bonds is 7. The van der Waals surface area contributed by atoms with E-state index in [1.54, 1.807) is 0 Å². The standard InChI is InChI=1S/C14H20N4O2/c15-12-5-2-1-4-11(12)14(6-7-14)18-13(20)17-9-3-8-16-10-19/h1-2,4-5,10H,3,6-9,15H2,(H,16,19)(H2,17,18,20). The van der Waals surface area contributed by atoms with Crippen LogP contribution in [0.2, 0.25) is 0 Å². The number of urea groups is 1. The highest BCUT2D eigenvalue weighted by Crippen LogP contribution is 2.47. The Balaban J connectivity index is 1.82. The second-order valence-electron chi connectivity index (χ2n) is 4.98. The zero-order valence-electron chi connectivity index (χ0n) is 11.3. The molecule has 6 heteroatoms. The van der Waals surface area contributed by atoms with Crippen LogP contribution in [0, 0.1) is 0 Å². The van der Waals surface area contributed by atoms with Gasteiger partial charge in [0.1, 0.15) is 0 Å². The van der Waals surface area contributed by atoms with Gasteiger partial charge in [0.05, 0.1) is 5.54 Å². The van der Waals surface area contributed by atoms with Gasteiger partial charge in [0.25, 0.3) is 0 Å². The van der Waals surface area contributed by atoms with Crippen molar-refractivity contribution in [2.75, 3.05) is 18.8 Å². The molecular weight excluding hydrogens is 256 g/mol. The predicted octanol–water partition coefficient (Wildman–Crippen LogP) is 0.693. The number of amides is 3. The van der Waals surface area contributed by atoms with Crippen molar-refractivity contribution in [3.8, 4) is 0 Å². The molecular formula is C14H20N4O2. The minimum absolute atomic E-state index is 0.197. The van der Waals surface area contributed by atoms with Crippen molar-refractivity contribution in [2.24, 2.45) is 0 Å². The normalized spacial score (nSPS) is 15.2. The number of nitrogens with one attached hydrogen (secondary N) is 3. The van der Waals surface area contributed by atoms with Gasteiger partial charge in [0.15, 0.2) is 0 Å². The Hall–Kier alpha value is -2.24. The fraction of sp³-hybridized carbons (Fsp3) is 0.429. The fourth-order valence-corrected chi connectivity index (χ4v) is 2.23. The Morgan fingerprint density at radius 2 is 2.05 bits per heavy atom. The van der Waals surface area contributed by atoms with E-state index in [1.165, 1.54) is 0 Å². The zero-order valence-corrected chi connectivity index (χ0v) is 11.3. The number of para-hydroxylation sites is 1. The van der Waals surface area contributed by atoms with Crippen LogP contribution in [-0.4, -0.2) is 25.5 Å². The van der Waals surface area contributed by atoms with Crippen LogP contribution in [-0.2, 0) is 10.3 Å². The number of carbonyl (C=O) groups is 2. The van der Waals surface area contributed by atoms with Gasteiger partial charge in [-0.3, -0.25) is 4.79 Å². The van der Waals surface area contributed by atoms with Gasteiger partial charge in [0, 0.05) is 24.3 Å². The quantitative estimate of drug-likeness (QED) is 0.335. The van der Waals surface area contributed by atoms with Crippen LogP contribution in [0.3, 0.4) is 0 Å². The Morgan fingerprint density at radius 1 is 1.30 bits per heavy atom. The highest BCUT2D eigenvalue weighted by atomic mass is 16.2. The summed E-state index contributed by atoms with van der Waals surface area (Å²) in [7, 11) is 0. The summed E-state index contributed by atoms with van der Waals surface area (Å²) in [5, 5.41) is 8.32. The first kappa shape index (κ1) is 14.2. The first-order chi connectivity index (χ1) is 9.68. The van der Waals surface area contributed by atoms with Crippen molar-refractivity contribution < 1.29 is 9.59 Å². The van der Waals surface area contributed by atoms with E-state index in [-0.39, 0.29) is 11.6 Å². The minimum atomic E-state index is -0.309. The molecule has 0 aromatic heterocycles. The largest absolute Gasteiger partial charge is 0.398 e. The molecule has 0 heterocycles. The Bertz CT molecular complexity index is 486. The molecule has 1 saturated carbocycles. The number of nitrogens with two attached hydrogens (primary N) is 1. The lowest BCUT2D eigenvalue weighted by molar-refractivity contribution is -0.109. The molecule has 3 amide bonds. The highest BCUT2D eigenvalue weighted by Gasteiger charge is 2.46. The lowest BCUT2D eigenvalue weighted by atomic mass is 10.0. The maximum Gasteiger partial charge on any atom is 0.315 e. The van der Waals surface area contributed by atoms with Gasteiger partial charge in [0.2, 0.25) is 6.41 Å². The van der Waals surface area contributed by atoms with E-state index in [4.69, 9.17) is 5.73 Å². The maximum atomic E-state index is 11.9. The average molecular weight is 276 g/mol. The number of benzene rings is 1. The van der Waals surface area contributed by atoms with Gasteiger partial charge in [-0.05, 0) is 25.3 Å². The van der Waals surface area contributed by atoms with Gasteiger partial charge in [-0.2, -0.15) is 0 Å². The molecule has 6 nitrogen and oxygen atoms in total. The van der Waals surface area contributed by atoms with Crippen molar-refractivity contribution in [1.82, 2.24) is 16.0 Å². The zero-order chi connectivity index (χ0) is 14.4. The van der Waals surface area contributed by atoms with Crippen LogP contribution in [0.25, 0.3) is 0 Å². The molecule has 1 aliphatic carbocycles. The number of hydrogen-bond donors (Lipinski definition) is 4. The third-order valence-corrected chi connectivity index (χ3v) is 3.45. The third kappa shape index (κ3) is 3.40. The average Bonchev–Trinajstić information content (AvgIpc) is 3.19. The third-order valence-electron chi connectivity index (χ3n) is 3.45. The predicted molar refractivity (Wildman–Crippen MR) is 77.0 cm³/mol. The number of nitrogen functional groups attached to an aromatic ring is 1. The van der Waals surface area contributed by atoms with Crippen LogP contribution >= 0.6 is 0 Å². The van der Waals surface area contributed by atoms with Crippen molar-refractivity contribution >= 4 is 18.1 Å². The molecule has 1 aromatic rings. The molecule has 2 rings (SSSR count). The summed E-state index contributed by atoms with van der Waals surface area (Å²) >= 11 is 0. The van der Waals surface area contributed by atoms with E-state index < -0.39 is 0 Å². The van der Waals surface area contributed by atoms with Crippen molar-refractivity contribution in [3.05, 3.63) is 29.8 Å². The Morgan fingerprint density at radius 3 is 2.70 bits per heavy atom. The molecule has 0 radical (unpaired) electrons. The lowest BCUT2D eigenvalue weighted by Crippen LogP contribution is -2.43. The smallest absolute Gasteiger partial charge is 0.315 e. The van der Waals surface area contributed by atoms with Crippen LogP contribution in [0.5, 0.6) is 0 Å². The van der Waals surface area contributed by atoms with Gasteiger partial charge in [-0.25, -0.2) is 4.79 Å². The van der Waals surface area contributed by atoms with E-state index in [2.05, 4.69) is 16.0 Å². The first-order valence-corrected chi connectivity index (χ1v) is 6.76. The summed E-state index contributed by atoms with van der Waals surface area (Å²) in [5.41, 5.74) is 7.35. The summed E-state index contributed by atoms with van der Waals surface area (Å²) in [6, 6.07) is 7.42. The molecule has 0 aliphatic heterocycles. The van der Waals surface area contributed by atoms with E-state index in [9.17, 15) is 9.59 Å². The van der Waals surface area contributed by atoms with Crippen LogP contribution in [0.15, 0.2) is 24.3 Å². The monoisotopic (exact) mass is 276 g/mol. The molecule has 0 atom stereocenters. The number of carbonyl (C=O) groups excluding carboxylic acids is 2. The molecule has 0 bridgehead atoms. The molecule has 0 saturated heterocycles. The second-order valence-corrected chi connectivity index (χ2v) is 4.98. The minimum Gasteiger partial charge on any atom is -0.398 e. The first-order valence-electron chi connectivity index (χ1n) is 6.76. The molecule has 5 N–H and O–H groups in total. The van der Waals surface area contributed by atoms with E-state index in [0.29, 0.717) is 31.6 Å². The van der Waals surface area contributed by atoms with Crippen LogP contribution in [0.1, 0.15) is 24.8 Å². The van der Waals surface area contributed by atoms with Crippen molar-refractivity contribution in [2.45, 2.75) is 24.8 Å². The molecule has 1 aromatic carbocycles. The number of anilines is 1. The Kier molecular flexibility index (Phi) is 4.45. The van der Waals surface area contributed by atoms with Crippen LogP contribution in [0.4, 0.5) is 10.5 Å². The Labute approximate surface area is 118 Å². The molecule has 108 valence electrons. The van der Waals surface area contributed by atoms with Crippen molar-refractivity contribution in [1.29, 1.82) is 0 Å². The molecule has 1 aliphatic rings. The molecule has 0 unspecified atom stereocenters. The van der Waals surface area contributed by atoms with Gasteiger partial charge in [-0.1, -0.05) is 18.2 Å². The molecule has 0 spiro atoms. The van der Waals surface area contributed by atoms with E-state index in [0.717, 1.165) is 18.4 Å². The molecule has 1 fully saturated rings. The van der Waals surface area contributed by atoms with Gasteiger partial charge in [-0.15, -0.1) is 0 Å². The van der Waals surface area contributed by atoms with Crippen molar-refractivity contribution in [3.63, 3.8) is 0 Å². The number of hydrogen-bond acceptors (Lipinski definition) is 3. The van der Waals surface area contributed by atoms with Gasteiger partial charge >= 0.3 is 6.03 Å². The van der Waals surface area contributed by atoms with E-state index in [1.807, 2.05) is 24.3 Å². The topological polar surface area (TPSA) is 96.2 Å². The summed E-state index contributed by atoms with van der Waals surface area (Å²) < 4.78 is 0. The van der Waals surface area contributed by atoms with Crippen LogP contribution < -0.4 is 21.7 Å². The fourth-order valence-electron chi connectivity index (χ4n) is 2.23. The summed E-state index contributed by atoms with van der Waals surface area (Å²) in [5.74, 6) is 0. The lowest BCUT2D eigenvalue weighted by Gasteiger charge is -2.20. The van der Waals surface area contributed by atoms with Gasteiger partial charge < -0.3 is 21.7 Å². The molecule has 20 heavy (non-hydrogen) atoms.